The molecule has 7 heteroatoms. The van der Waals surface area contributed by atoms with Crippen molar-refractivity contribution in [3.63, 3.8) is 0 Å². The molecule has 0 saturated heterocycles. The van der Waals surface area contributed by atoms with Gasteiger partial charge >= 0.3 is 0 Å². The number of carbonyl (C=O) groups excluding carboxylic acids is 1. The Morgan fingerprint density at radius 1 is 1.43 bits per heavy atom. The predicted molar refractivity (Wildman–Crippen MR) is 84.8 cm³/mol. The average molecular weight is 330 g/mol. The monoisotopic (exact) mass is 329 g/mol. The van der Waals surface area contributed by atoms with Crippen LogP contribution < -0.4 is 11.1 Å². The summed E-state index contributed by atoms with van der Waals surface area (Å²) in [5, 5.41) is 7.25. The Hall–Kier alpha value is -1.56. The molecule has 3 N–H and O–H groups in total. The smallest absolute Gasteiger partial charge is 0.290 e. The summed E-state index contributed by atoms with van der Waals surface area (Å²) in [5.41, 5.74) is 6.42. The van der Waals surface area contributed by atoms with Gasteiger partial charge in [0.25, 0.3) is 5.91 Å². The molecule has 21 heavy (non-hydrogen) atoms. The van der Waals surface area contributed by atoms with Gasteiger partial charge in [-0.25, -0.2) is 0 Å². The van der Waals surface area contributed by atoms with Crippen LogP contribution in [0.1, 0.15) is 24.4 Å². The molecule has 1 amide bonds. The third kappa shape index (κ3) is 4.46. The van der Waals surface area contributed by atoms with Crippen LogP contribution >= 0.6 is 24.0 Å². The molecular formula is C14H17Cl2N3O2. The second-order valence-electron chi connectivity index (χ2n) is 5.13. The maximum absolute atomic E-state index is 12.0. The van der Waals surface area contributed by atoms with E-state index in [9.17, 15) is 4.79 Å². The molecule has 2 rings (SSSR count). The van der Waals surface area contributed by atoms with E-state index in [0.717, 1.165) is 5.56 Å². The summed E-state index contributed by atoms with van der Waals surface area (Å²) in [6.45, 7) is 3.99. The van der Waals surface area contributed by atoms with Gasteiger partial charge in [-0.1, -0.05) is 28.9 Å². The van der Waals surface area contributed by atoms with Crippen molar-refractivity contribution in [1.29, 1.82) is 0 Å². The van der Waals surface area contributed by atoms with Crippen molar-refractivity contribution in [3.05, 3.63) is 41.1 Å². The van der Waals surface area contributed by atoms with Gasteiger partial charge in [0, 0.05) is 28.7 Å². The van der Waals surface area contributed by atoms with Crippen molar-refractivity contribution in [2.24, 2.45) is 5.73 Å². The summed E-state index contributed by atoms with van der Waals surface area (Å²) < 4.78 is 5.07. The zero-order valence-electron chi connectivity index (χ0n) is 11.7. The van der Waals surface area contributed by atoms with E-state index in [1.54, 1.807) is 18.2 Å². The second-order valence-corrected chi connectivity index (χ2v) is 5.57. The molecule has 0 saturated carbocycles. The van der Waals surface area contributed by atoms with E-state index in [-0.39, 0.29) is 24.1 Å². The predicted octanol–water partition coefficient (Wildman–Crippen LogP) is 2.88. The van der Waals surface area contributed by atoms with E-state index in [1.807, 2.05) is 26.0 Å². The fourth-order valence-electron chi connectivity index (χ4n) is 1.59. The number of aromatic nitrogens is 1. The number of halogens is 2. The highest BCUT2D eigenvalue weighted by molar-refractivity contribution is 6.30. The lowest BCUT2D eigenvalue weighted by molar-refractivity contribution is 0.0878. The Balaban J connectivity index is 0.00000220. The van der Waals surface area contributed by atoms with Crippen LogP contribution in [0.4, 0.5) is 0 Å². The van der Waals surface area contributed by atoms with Crippen molar-refractivity contribution < 1.29 is 9.32 Å². The SMILES string of the molecule is CC(C)(CN)NC(=O)c1cc(-c2cccc(Cl)c2)no1.Cl. The van der Waals surface area contributed by atoms with Gasteiger partial charge in [-0.2, -0.15) is 0 Å². The number of amides is 1. The summed E-state index contributed by atoms with van der Waals surface area (Å²) in [6.07, 6.45) is 0. The van der Waals surface area contributed by atoms with E-state index >= 15 is 0 Å². The number of nitrogens with one attached hydrogen (secondary N) is 1. The first-order chi connectivity index (χ1) is 9.41. The number of nitrogens with two attached hydrogens (primary N) is 1. The standard InChI is InChI=1S/C14H16ClN3O2.ClH/c1-14(2,8-16)17-13(19)12-7-11(18-20-12)9-4-3-5-10(15)6-9;/h3-7H,8,16H2,1-2H3,(H,17,19);1H. The summed E-state index contributed by atoms with van der Waals surface area (Å²) >= 11 is 5.92. The minimum absolute atomic E-state index is 0. The van der Waals surface area contributed by atoms with Gasteiger partial charge in [0.1, 0.15) is 5.69 Å². The van der Waals surface area contributed by atoms with E-state index in [2.05, 4.69) is 10.5 Å². The molecule has 0 aliphatic carbocycles. The lowest BCUT2D eigenvalue weighted by Crippen LogP contribution is -2.48. The van der Waals surface area contributed by atoms with Crippen LogP contribution in [0.2, 0.25) is 5.02 Å². The molecule has 0 bridgehead atoms. The van der Waals surface area contributed by atoms with Gasteiger partial charge in [0.2, 0.25) is 5.76 Å². The Bertz CT molecular complexity index is 626. The van der Waals surface area contributed by atoms with E-state index < -0.39 is 5.54 Å². The molecule has 1 aromatic carbocycles. The molecule has 0 fully saturated rings. The zero-order valence-corrected chi connectivity index (χ0v) is 13.3. The molecule has 0 aliphatic rings. The normalized spacial score (nSPS) is 10.9. The van der Waals surface area contributed by atoms with Crippen LogP contribution in [-0.4, -0.2) is 23.1 Å². The highest BCUT2D eigenvalue weighted by Crippen LogP contribution is 2.22. The van der Waals surface area contributed by atoms with Crippen LogP contribution in [0, 0.1) is 0 Å². The maximum atomic E-state index is 12.0. The van der Waals surface area contributed by atoms with Gasteiger partial charge in [0.05, 0.1) is 0 Å². The van der Waals surface area contributed by atoms with Crippen LogP contribution in [0.15, 0.2) is 34.9 Å². The van der Waals surface area contributed by atoms with E-state index in [0.29, 0.717) is 17.3 Å². The molecule has 2 aromatic rings. The highest BCUT2D eigenvalue weighted by Gasteiger charge is 2.22. The summed E-state index contributed by atoms with van der Waals surface area (Å²) in [4.78, 5) is 12.0. The molecule has 1 aromatic heterocycles. The van der Waals surface area contributed by atoms with Crippen molar-refractivity contribution in [3.8, 4) is 11.3 Å². The van der Waals surface area contributed by atoms with Gasteiger partial charge < -0.3 is 15.6 Å². The molecule has 0 aliphatic heterocycles. The topological polar surface area (TPSA) is 81.1 Å². The molecular weight excluding hydrogens is 313 g/mol. The summed E-state index contributed by atoms with van der Waals surface area (Å²) in [6, 6.07) is 8.75. The molecule has 0 radical (unpaired) electrons. The average Bonchev–Trinajstić information content (AvgIpc) is 2.88. The van der Waals surface area contributed by atoms with Crippen LogP contribution in [0.3, 0.4) is 0 Å². The lowest BCUT2D eigenvalue weighted by Gasteiger charge is -2.23. The number of nitrogens with zero attached hydrogens (tertiary/aromatic N) is 1. The number of hydrogen-bond acceptors (Lipinski definition) is 4. The highest BCUT2D eigenvalue weighted by atomic mass is 35.5. The van der Waals surface area contributed by atoms with Crippen molar-refractivity contribution >= 4 is 29.9 Å². The second kappa shape index (κ2) is 6.93. The Kier molecular flexibility index (Phi) is 5.78. The number of carbonyl (C=O) groups is 1. The quantitative estimate of drug-likeness (QED) is 0.903. The lowest BCUT2D eigenvalue weighted by atomic mass is 10.1. The number of rotatable bonds is 4. The summed E-state index contributed by atoms with van der Waals surface area (Å²) in [5.74, 6) is -0.206. The van der Waals surface area contributed by atoms with Crippen molar-refractivity contribution in [2.75, 3.05) is 6.54 Å². The van der Waals surface area contributed by atoms with Crippen LogP contribution in [0.25, 0.3) is 11.3 Å². The molecule has 0 atom stereocenters. The van der Waals surface area contributed by atoms with Gasteiger partial charge in [0.15, 0.2) is 0 Å². The molecule has 0 spiro atoms. The third-order valence-electron chi connectivity index (χ3n) is 2.82. The van der Waals surface area contributed by atoms with E-state index in [4.69, 9.17) is 21.9 Å². The molecule has 1 heterocycles. The minimum Gasteiger partial charge on any atom is -0.350 e. The first-order valence-corrected chi connectivity index (χ1v) is 6.54. The van der Waals surface area contributed by atoms with Crippen molar-refractivity contribution in [2.45, 2.75) is 19.4 Å². The minimum atomic E-state index is -0.500. The third-order valence-corrected chi connectivity index (χ3v) is 3.05. The Morgan fingerprint density at radius 3 is 2.76 bits per heavy atom. The van der Waals surface area contributed by atoms with Crippen LogP contribution in [0.5, 0.6) is 0 Å². The molecule has 114 valence electrons. The first kappa shape index (κ1) is 17.5. The van der Waals surface area contributed by atoms with Gasteiger partial charge in [-0.15, -0.1) is 12.4 Å². The molecule has 0 unspecified atom stereocenters. The zero-order chi connectivity index (χ0) is 14.8. The fraction of sp³-hybridized carbons (Fsp3) is 0.286. The Labute approximate surface area is 134 Å². The maximum Gasteiger partial charge on any atom is 0.290 e. The van der Waals surface area contributed by atoms with Gasteiger partial charge in [-0.3, -0.25) is 4.79 Å². The largest absolute Gasteiger partial charge is 0.350 e. The van der Waals surface area contributed by atoms with Gasteiger partial charge in [-0.05, 0) is 26.0 Å². The first-order valence-electron chi connectivity index (χ1n) is 6.16. The number of benzene rings is 1. The Morgan fingerprint density at radius 2 is 2.14 bits per heavy atom. The van der Waals surface area contributed by atoms with E-state index in [1.165, 1.54) is 0 Å². The van der Waals surface area contributed by atoms with Crippen molar-refractivity contribution in [1.82, 2.24) is 10.5 Å². The fourth-order valence-corrected chi connectivity index (χ4v) is 1.78. The summed E-state index contributed by atoms with van der Waals surface area (Å²) in [7, 11) is 0. The van der Waals surface area contributed by atoms with Crippen LogP contribution in [-0.2, 0) is 0 Å². The molecule has 5 nitrogen and oxygen atoms in total. The number of hydrogen-bond donors (Lipinski definition) is 2.